The Hall–Kier alpha value is -1.23. The number of rotatable bonds is 3. The Kier molecular flexibility index (Phi) is 3.76. The van der Waals surface area contributed by atoms with Gasteiger partial charge in [-0.25, -0.2) is 5.84 Å². The van der Waals surface area contributed by atoms with Crippen molar-refractivity contribution in [1.82, 2.24) is 9.91 Å². The van der Waals surface area contributed by atoms with Gasteiger partial charge in [0.15, 0.2) is 0 Å². The van der Waals surface area contributed by atoms with E-state index in [0.29, 0.717) is 6.04 Å². The third-order valence-electron chi connectivity index (χ3n) is 2.47. The largest absolute Gasteiger partial charge is 0.403 e. The first-order valence-electron chi connectivity index (χ1n) is 4.84. The van der Waals surface area contributed by atoms with E-state index in [1.54, 1.807) is 0 Å². The fourth-order valence-electron chi connectivity index (χ4n) is 1.71. The molecule has 1 unspecified atom stereocenters. The molecule has 0 radical (unpaired) electrons. The third kappa shape index (κ3) is 2.63. The van der Waals surface area contributed by atoms with Gasteiger partial charge in [-0.1, -0.05) is 0 Å². The summed E-state index contributed by atoms with van der Waals surface area (Å²) in [6.45, 7) is 3.10. The van der Waals surface area contributed by atoms with Crippen molar-refractivity contribution >= 4 is 5.91 Å². The maximum Gasteiger partial charge on any atom is 0.243 e. The number of hydrogen-bond donors (Lipinski definition) is 2. The number of amides is 1. The van der Waals surface area contributed by atoms with Crippen molar-refractivity contribution in [2.24, 2.45) is 11.6 Å². The molecule has 1 saturated heterocycles. The van der Waals surface area contributed by atoms with Crippen molar-refractivity contribution < 1.29 is 4.79 Å². The Bertz CT molecular complexity index is 229. The van der Waals surface area contributed by atoms with Crippen LogP contribution in [0, 0.1) is 0 Å². The summed E-state index contributed by atoms with van der Waals surface area (Å²) in [4.78, 5) is 13.5. The first kappa shape index (κ1) is 10.8. The zero-order valence-corrected chi connectivity index (χ0v) is 8.52. The summed E-state index contributed by atoms with van der Waals surface area (Å²) in [7, 11) is 0. The van der Waals surface area contributed by atoms with Gasteiger partial charge < -0.3 is 15.6 Å². The van der Waals surface area contributed by atoms with E-state index in [0.717, 1.165) is 19.4 Å². The van der Waals surface area contributed by atoms with E-state index in [4.69, 9.17) is 11.6 Å². The van der Waals surface area contributed by atoms with Gasteiger partial charge in [0.1, 0.15) is 6.54 Å². The summed E-state index contributed by atoms with van der Waals surface area (Å²) in [5.41, 5.74) is 5.16. The van der Waals surface area contributed by atoms with Crippen molar-refractivity contribution in [1.29, 1.82) is 0 Å². The molecular formula is C9H18N4O. The number of hydrogen-bond acceptors (Lipinski definition) is 4. The van der Waals surface area contributed by atoms with E-state index in [1.165, 1.54) is 17.4 Å². The molecule has 1 atom stereocenters. The number of carbonyl (C=O) groups excluding carboxylic acids is 1. The number of carbonyl (C=O) groups is 1. The maximum atomic E-state index is 11.7. The minimum absolute atomic E-state index is 0.0654. The number of likely N-dealkylation sites (tertiary alicyclic amines) is 1. The molecule has 0 bridgehead atoms. The van der Waals surface area contributed by atoms with Gasteiger partial charge in [-0.05, 0) is 19.8 Å². The second kappa shape index (κ2) is 4.85. The van der Waals surface area contributed by atoms with Gasteiger partial charge in [0.25, 0.3) is 0 Å². The monoisotopic (exact) mass is 198 g/mol. The quantitative estimate of drug-likeness (QED) is 0.478. The van der Waals surface area contributed by atoms with Crippen LogP contribution in [0.5, 0.6) is 0 Å². The molecule has 4 N–H and O–H groups in total. The number of nitrogens with two attached hydrogens (primary N) is 2. The van der Waals surface area contributed by atoms with Crippen molar-refractivity contribution in [2.45, 2.75) is 25.8 Å². The molecule has 0 aliphatic carbocycles. The number of nitrogens with zero attached hydrogens (tertiary/aromatic N) is 2. The summed E-state index contributed by atoms with van der Waals surface area (Å²) in [5, 5.41) is 1.30. The van der Waals surface area contributed by atoms with E-state index in [2.05, 4.69) is 6.92 Å². The van der Waals surface area contributed by atoms with Gasteiger partial charge in [-0.2, -0.15) is 0 Å². The van der Waals surface area contributed by atoms with Crippen LogP contribution in [0.1, 0.15) is 19.8 Å². The van der Waals surface area contributed by atoms with Crippen LogP contribution >= 0.6 is 0 Å². The molecule has 1 amide bonds. The van der Waals surface area contributed by atoms with Crippen molar-refractivity contribution in [3.63, 3.8) is 0 Å². The van der Waals surface area contributed by atoms with Gasteiger partial charge in [-0.3, -0.25) is 4.79 Å². The van der Waals surface area contributed by atoms with Crippen LogP contribution in [0.2, 0.25) is 0 Å². The highest BCUT2D eigenvalue weighted by Gasteiger charge is 2.25. The van der Waals surface area contributed by atoms with Crippen LogP contribution < -0.4 is 11.6 Å². The van der Waals surface area contributed by atoms with Gasteiger partial charge in [-0.15, -0.1) is 0 Å². The van der Waals surface area contributed by atoms with Crippen LogP contribution in [0.4, 0.5) is 0 Å². The summed E-state index contributed by atoms with van der Waals surface area (Å²) < 4.78 is 0. The van der Waals surface area contributed by atoms with Gasteiger partial charge in [0, 0.05) is 25.0 Å². The van der Waals surface area contributed by atoms with E-state index in [1.807, 2.05) is 4.90 Å². The predicted molar refractivity (Wildman–Crippen MR) is 54.6 cm³/mol. The highest BCUT2D eigenvalue weighted by atomic mass is 16.2. The zero-order valence-electron chi connectivity index (χ0n) is 8.52. The smallest absolute Gasteiger partial charge is 0.243 e. The van der Waals surface area contributed by atoms with E-state index < -0.39 is 0 Å². The maximum absolute atomic E-state index is 11.7. The van der Waals surface area contributed by atoms with Crippen molar-refractivity contribution in [2.75, 3.05) is 13.1 Å². The lowest BCUT2D eigenvalue weighted by molar-refractivity contribution is -0.132. The highest BCUT2D eigenvalue weighted by Crippen LogP contribution is 2.16. The molecular weight excluding hydrogens is 180 g/mol. The molecule has 14 heavy (non-hydrogen) atoms. The van der Waals surface area contributed by atoms with Gasteiger partial charge in [0.05, 0.1) is 0 Å². The predicted octanol–water partition coefficient (Wildman–Crippen LogP) is -0.397. The average molecular weight is 198 g/mol. The molecule has 80 valence electrons. The van der Waals surface area contributed by atoms with Crippen LogP contribution in [-0.4, -0.2) is 34.9 Å². The van der Waals surface area contributed by atoms with Crippen molar-refractivity contribution in [3.8, 4) is 0 Å². The second-order valence-corrected chi connectivity index (χ2v) is 3.59. The summed E-state index contributed by atoms with van der Waals surface area (Å²) in [6, 6.07) is 0.345. The SMILES string of the molecule is CC1CCCN1C(=O)CN(N)/C=C\N. The lowest BCUT2D eigenvalue weighted by Gasteiger charge is -2.23. The molecule has 1 heterocycles. The molecule has 5 nitrogen and oxygen atoms in total. The molecule has 0 aromatic carbocycles. The molecule has 0 spiro atoms. The van der Waals surface area contributed by atoms with Crippen LogP contribution in [-0.2, 0) is 4.79 Å². The minimum atomic E-state index is 0.0654. The first-order chi connectivity index (χ1) is 6.65. The van der Waals surface area contributed by atoms with Crippen molar-refractivity contribution in [3.05, 3.63) is 12.4 Å². The third-order valence-corrected chi connectivity index (χ3v) is 2.47. The minimum Gasteiger partial charge on any atom is -0.403 e. The van der Waals surface area contributed by atoms with E-state index >= 15 is 0 Å². The Morgan fingerprint density at radius 1 is 1.71 bits per heavy atom. The lowest BCUT2D eigenvalue weighted by Crippen LogP contribution is -2.42. The van der Waals surface area contributed by atoms with Gasteiger partial charge in [0.2, 0.25) is 5.91 Å². The van der Waals surface area contributed by atoms with Gasteiger partial charge >= 0.3 is 0 Å². The molecule has 5 heteroatoms. The summed E-state index contributed by atoms with van der Waals surface area (Å²) in [6.07, 6.45) is 4.98. The van der Waals surface area contributed by atoms with Crippen LogP contribution in [0.3, 0.4) is 0 Å². The van der Waals surface area contributed by atoms with E-state index in [9.17, 15) is 4.79 Å². The van der Waals surface area contributed by atoms with Crippen LogP contribution in [0.25, 0.3) is 0 Å². The lowest BCUT2D eigenvalue weighted by atomic mass is 10.2. The summed E-state index contributed by atoms with van der Waals surface area (Å²) >= 11 is 0. The molecule has 1 rings (SSSR count). The van der Waals surface area contributed by atoms with E-state index in [-0.39, 0.29) is 12.5 Å². The highest BCUT2D eigenvalue weighted by molar-refractivity contribution is 5.78. The van der Waals surface area contributed by atoms with Crippen LogP contribution in [0.15, 0.2) is 12.4 Å². The molecule has 0 aromatic heterocycles. The second-order valence-electron chi connectivity index (χ2n) is 3.59. The molecule has 0 saturated carbocycles. The molecule has 0 aromatic rings. The average Bonchev–Trinajstić information content (AvgIpc) is 2.51. The molecule has 1 aliphatic heterocycles. The number of hydrazine groups is 1. The Labute approximate surface area is 84.3 Å². The Morgan fingerprint density at radius 2 is 2.43 bits per heavy atom. The zero-order chi connectivity index (χ0) is 10.6. The first-order valence-corrected chi connectivity index (χ1v) is 4.84. The summed E-state index contributed by atoms with van der Waals surface area (Å²) in [5.74, 6) is 5.58. The topological polar surface area (TPSA) is 75.6 Å². The Balaban J connectivity index is 2.41. The standard InChI is InChI=1S/C9H18N4O/c1-8-3-2-5-13(8)9(14)7-12(11)6-4-10/h4,6,8H,2-3,5,7,10-11H2,1H3/b6-4-. The molecule has 1 fully saturated rings. The Morgan fingerprint density at radius 3 is 2.93 bits per heavy atom. The normalized spacial score (nSPS) is 21.9. The molecule has 1 aliphatic rings. The fourth-order valence-corrected chi connectivity index (χ4v) is 1.71. The fraction of sp³-hybridized carbons (Fsp3) is 0.667.